The lowest BCUT2D eigenvalue weighted by Crippen LogP contribution is -2.45. The molecule has 0 spiro atoms. The standard InChI is InChI=1S/C43H38N2/c1-4-40-44-38-19-10-11-20-39(38)45(40)33-24-21-31(22-25-33)42-36-17-9-8-16-35(36)41(37-18-12-13-27-43(37,42)3)34-26-23-32(28-29(34)2)30-14-6-5-7-15-30/h5-27,29,37H,4,28H2,1-3H3. The summed E-state index contributed by atoms with van der Waals surface area (Å²) in [7, 11) is 0. The lowest BCUT2D eigenvalue weighted by atomic mass is 9.59. The van der Waals surface area contributed by atoms with Crippen LogP contribution in [0, 0.1) is 17.3 Å². The minimum atomic E-state index is -0.180. The third-order valence-electron chi connectivity index (χ3n) is 10.2. The molecule has 3 unspecified atom stereocenters. The monoisotopic (exact) mass is 582 g/mol. The lowest BCUT2D eigenvalue weighted by molar-refractivity contribution is 0.473. The van der Waals surface area contributed by atoms with Gasteiger partial charge in [-0.3, -0.25) is 4.57 Å². The number of hydrogen-bond donors (Lipinski definition) is 0. The van der Waals surface area contributed by atoms with Crippen molar-refractivity contribution in [3.63, 3.8) is 0 Å². The Morgan fingerprint density at radius 1 is 0.778 bits per heavy atom. The van der Waals surface area contributed by atoms with Crippen molar-refractivity contribution >= 4 is 27.8 Å². The van der Waals surface area contributed by atoms with Crippen molar-refractivity contribution < 1.29 is 0 Å². The summed E-state index contributed by atoms with van der Waals surface area (Å²) in [5.41, 5.74) is 11.5. The Bertz CT molecular complexity index is 2190. The highest BCUT2D eigenvalue weighted by atomic mass is 15.1. The number of para-hydroxylation sites is 2. The quantitative estimate of drug-likeness (QED) is 0.203. The molecule has 1 aromatic heterocycles. The molecule has 45 heavy (non-hydrogen) atoms. The van der Waals surface area contributed by atoms with Gasteiger partial charge in [0, 0.05) is 23.4 Å². The van der Waals surface area contributed by atoms with E-state index in [9.17, 15) is 0 Å². The van der Waals surface area contributed by atoms with Crippen LogP contribution in [0.3, 0.4) is 0 Å². The van der Waals surface area contributed by atoms with Crippen LogP contribution in [0.2, 0.25) is 0 Å². The normalized spacial score (nSPS) is 22.2. The van der Waals surface area contributed by atoms with Crippen molar-refractivity contribution in [1.82, 2.24) is 9.55 Å². The van der Waals surface area contributed by atoms with Gasteiger partial charge >= 0.3 is 0 Å². The summed E-state index contributed by atoms with van der Waals surface area (Å²) >= 11 is 0. The van der Waals surface area contributed by atoms with E-state index in [0.29, 0.717) is 5.92 Å². The van der Waals surface area contributed by atoms with Crippen molar-refractivity contribution in [3.05, 3.63) is 173 Å². The third kappa shape index (κ3) is 4.43. The highest BCUT2D eigenvalue weighted by Gasteiger charge is 2.42. The van der Waals surface area contributed by atoms with Crippen LogP contribution in [0.4, 0.5) is 0 Å². The van der Waals surface area contributed by atoms with Crippen LogP contribution in [0.15, 0.2) is 145 Å². The Morgan fingerprint density at radius 2 is 1.51 bits per heavy atom. The largest absolute Gasteiger partial charge is 0.296 e. The van der Waals surface area contributed by atoms with E-state index in [2.05, 4.69) is 165 Å². The molecule has 0 fully saturated rings. The molecule has 0 saturated carbocycles. The van der Waals surface area contributed by atoms with Crippen molar-refractivity contribution in [3.8, 4) is 5.69 Å². The Kier molecular flexibility index (Phi) is 6.68. The molecule has 4 aromatic carbocycles. The first kappa shape index (κ1) is 27.6. The molecule has 5 aromatic rings. The fourth-order valence-electron chi connectivity index (χ4n) is 8.03. The predicted molar refractivity (Wildman–Crippen MR) is 188 cm³/mol. The minimum Gasteiger partial charge on any atom is -0.296 e. The van der Waals surface area contributed by atoms with Gasteiger partial charge in [0.2, 0.25) is 0 Å². The average molecular weight is 583 g/mol. The molecule has 1 heterocycles. The molecule has 220 valence electrons. The van der Waals surface area contributed by atoms with Gasteiger partial charge in [-0.1, -0.05) is 136 Å². The molecular weight excluding hydrogens is 544 g/mol. The Morgan fingerprint density at radius 3 is 2.29 bits per heavy atom. The molecule has 0 saturated heterocycles. The van der Waals surface area contributed by atoms with Crippen molar-refractivity contribution in [2.24, 2.45) is 17.3 Å². The zero-order valence-corrected chi connectivity index (χ0v) is 26.2. The molecule has 0 radical (unpaired) electrons. The number of aromatic nitrogens is 2. The van der Waals surface area contributed by atoms with E-state index in [1.54, 1.807) is 0 Å². The van der Waals surface area contributed by atoms with Gasteiger partial charge in [-0.05, 0) is 80.5 Å². The van der Waals surface area contributed by atoms with E-state index >= 15 is 0 Å². The van der Waals surface area contributed by atoms with Gasteiger partial charge < -0.3 is 0 Å². The Hall–Kier alpha value is -4.95. The first-order chi connectivity index (χ1) is 22.1. The van der Waals surface area contributed by atoms with Gasteiger partial charge in [-0.25, -0.2) is 4.98 Å². The molecule has 0 aliphatic heterocycles. The molecule has 0 bridgehead atoms. The highest BCUT2D eigenvalue weighted by Crippen LogP contribution is 2.51. The number of aryl methyl sites for hydroxylation is 1. The first-order valence-corrected chi connectivity index (χ1v) is 16.3. The van der Waals surface area contributed by atoms with Crippen LogP contribution in [0.25, 0.3) is 33.4 Å². The zero-order valence-electron chi connectivity index (χ0n) is 26.2. The fraction of sp³-hybridized carbons (Fsp3) is 0.186. The Balaban J connectivity index is 1.32. The summed E-state index contributed by atoms with van der Waals surface area (Å²) < 4.78 is 2.31. The number of benzene rings is 4. The number of allylic oxidation sites excluding steroid dienone is 8. The zero-order chi connectivity index (χ0) is 30.5. The van der Waals surface area contributed by atoms with E-state index in [1.165, 1.54) is 43.9 Å². The second kappa shape index (κ2) is 10.9. The SMILES string of the molecule is CCc1nc2ccccc2n1-c1ccc(C2=c3ccccc3=C(C3=CC=C(c4ccccc4)CC3C)C3C=CC=CC23C)cc1. The number of imidazole rings is 1. The van der Waals surface area contributed by atoms with Gasteiger partial charge in [0.05, 0.1) is 11.0 Å². The topological polar surface area (TPSA) is 17.8 Å². The van der Waals surface area contributed by atoms with Crippen LogP contribution in [-0.4, -0.2) is 9.55 Å². The van der Waals surface area contributed by atoms with Crippen LogP contribution in [0.5, 0.6) is 0 Å². The van der Waals surface area contributed by atoms with E-state index < -0.39 is 0 Å². The molecule has 0 N–H and O–H groups in total. The molecule has 8 rings (SSSR count). The molecular formula is C43H38N2. The summed E-state index contributed by atoms with van der Waals surface area (Å²) in [6, 6.07) is 37.6. The van der Waals surface area contributed by atoms with Gasteiger partial charge in [-0.15, -0.1) is 0 Å². The van der Waals surface area contributed by atoms with Crippen LogP contribution < -0.4 is 10.4 Å². The van der Waals surface area contributed by atoms with E-state index in [1.807, 2.05) is 0 Å². The summed E-state index contributed by atoms with van der Waals surface area (Å²) in [6.45, 7) is 7.02. The molecule has 3 atom stereocenters. The predicted octanol–water partition coefficient (Wildman–Crippen LogP) is 8.75. The number of rotatable bonds is 5. The number of fused-ring (bicyclic) bond motifs is 3. The van der Waals surface area contributed by atoms with E-state index in [0.717, 1.165) is 35.4 Å². The van der Waals surface area contributed by atoms with Crippen LogP contribution in [0.1, 0.15) is 44.1 Å². The molecule has 0 amide bonds. The second-order valence-corrected chi connectivity index (χ2v) is 12.9. The van der Waals surface area contributed by atoms with Crippen molar-refractivity contribution in [2.45, 2.75) is 33.6 Å². The van der Waals surface area contributed by atoms with Crippen molar-refractivity contribution in [1.29, 1.82) is 0 Å². The average Bonchev–Trinajstić information content (AvgIpc) is 3.46. The second-order valence-electron chi connectivity index (χ2n) is 12.9. The minimum absolute atomic E-state index is 0.180. The van der Waals surface area contributed by atoms with Gasteiger partial charge in [-0.2, -0.15) is 0 Å². The van der Waals surface area contributed by atoms with E-state index in [4.69, 9.17) is 4.98 Å². The van der Waals surface area contributed by atoms with Crippen LogP contribution >= 0.6 is 0 Å². The summed E-state index contributed by atoms with van der Waals surface area (Å²) in [5, 5.41) is 2.70. The Labute approximate surface area is 265 Å². The highest BCUT2D eigenvalue weighted by molar-refractivity contribution is 5.85. The first-order valence-electron chi connectivity index (χ1n) is 16.3. The number of hydrogen-bond acceptors (Lipinski definition) is 1. The maximum absolute atomic E-state index is 4.92. The molecule has 2 heteroatoms. The fourth-order valence-corrected chi connectivity index (χ4v) is 8.03. The van der Waals surface area contributed by atoms with Gasteiger partial charge in [0.25, 0.3) is 0 Å². The third-order valence-corrected chi connectivity index (χ3v) is 10.2. The van der Waals surface area contributed by atoms with Crippen molar-refractivity contribution in [2.75, 3.05) is 0 Å². The smallest absolute Gasteiger partial charge is 0.114 e. The summed E-state index contributed by atoms with van der Waals surface area (Å²) in [5.74, 6) is 1.76. The molecule has 3 aliphatic carbocycles. The molecule has 3 aliphatic rings. The van der Waals surface area contributed by atoms with Crippen LogP contribution in [-0.2, 0) is 6.42 Å². The van der Waals surface area contributed by atoms with Gasteiger partial charge in [0.15, 0.2) is 0 Å². The maximum atomic E-state index is 4.92. The maximum Gasteiger partial charge on any atom is 0.114 e. The number of nitrogens with zero attached hydrogens (tertiary/aromatic N) is 2. The van der Waals surface area contributed by atoms with E-state index in [-0.39, 0.29) is 11.3 Å². The summed E-state index contributed by atoms with van der Waals surface area (Å²) in [4.78, 5) is 4.92. The lowest BCUT2D eigenvalue weighted by Gasteiger charge is -2.44. The summed E-state index contributed by atoms with van der Waals surface area (Å²) in [6.07, 6.45) is 16.1. The molecule has 2 nitrogen and oxygen atoms in total. The van der Waals surface area contributed by atoms with Gasteiger partial charge in [0.1, 0.15) is 5.82 Å².